The number of likely N-dealkylation sites (N-methyl/N-ethyl adjacent to an activating group) is 1. The topological polar surface area (TPSA) is 46.6 Å². The average Bonchev–Trinajstić information content (AvgIpc) is 3.00. The molecule has 2 rings (SSSR count). The highest BCUT2D eigenvalue weighted by atomic mass is 127. The van der Waals surface area contributed by atoms with Crippen LogP contribution in [0.2, 0.25) is 10.0 Å². The molecule has 0 spiro atoms. The number of carbonyl (C=O) groups is 2. The van der Waals surface area contributed by atoms with Gasteiger partial charge in [0.05, 0.1) is 10.6 Å². The summed E-state index contributed by atoms with van der Waals surface area (Å²) in [5.41, 5.74) is 1.28. The SMILES string of the molecule is CN(Cc1ccsc1)C(=O)COC(=O)c1cc(Cl)cc(Cl)c1I. The predicted octanol–water partition coefficient (Wildman–Crippen LogP) is 4.47. The summed E-state index contributed by atoms with van der Waals surface area (Å²) in [4.78, 5) is 25.6. The zero-order valence-corrected chi connectivity index (χ0v) is 16.5. The van der Waals surface area contributed by atoms with Crippen LogP contribution in [0.1, 0.15) is 15.9 Å². The minimum Gasteiger partial charge on any atom is -0.452 e. The number of esters is 1. The fourth-order valence-corrected chi connectivity index (χ4v) is 3.45. The van der Waals surface area contributed by atoms with Gasteiger partial charge >= 0.3 is 5.97 Å². The second kappa shape index (κ2) is 8.32. The molecule has 0 radical (unpaired) electrons. The first-order valence-corrected chi connectivity index (χ1v) is 9.23. The number of carbonyl (C=O) groups excluding carboxylic acids is 2. The summed E-state index contributed by atoms with van der Waals surface area (Å²) in [6.45, 7) is 0.139. The first-order valence-electron chi connectivity index (χ1n) is 6.45. The second-order valence-corrected chi connectivity index (χ2v) is 7.41. The molecule has 1 heterocycles. The van der Waals surface area contributed by atoms with Gasteiger partial charge in [0.1, 0.15) is 0 Å². The van der Waals surface area contributed by atoms with Crippen molar-refractivity contribution in [1.82, 2.24) is 4.90 Å². The fraction of sp³-hybridized carbons (Fsp3) is 0.200. The molecule has 0 bridgehead atoms. The van der Waals surface area contributed by atoms with Gasteiger partial charge in [0.15, 0.2) is 6.61 Å². The van der Waals surface area contributed by atoms with Gasteiger partial charge in [-0.25, -0.2) is 4.79 Å². The van der Waals surface area contributed by atoms with Gasteiger partial charge in [0.25, 0.3) is 5.91 Å². The van der Waals surface area contributed by atoms with Gasteiger partial charge in [0.2, 0.25) is 0 Å². The van der Waals surface area contributed by atoms with Crippen molar-refractivity contribution >= 4 is 69.0 Å². The van der Waals surface area contributed by atoms with E-state index in [1.165, 1.54) is 11.0 Å². The van der Waals surface area contributed by atoms with Crippen molar-refractivity contribution in [3.05, 3.63) is 53.7 Å². The third-order valence-corrected chi connectivity index (χ3v) is 5.69. The zero-order valence-electron chi connectivity index (χ0n) is 12.0. The molecule has 122 valence electrons. The van der Waals surface area contributed by atoms with E-state index in [0.29, 0.717) is 20.2 Å². The highest BCUT2D eigenvalue weighted by Crippen LogP contribution is 2.27. The summed E-state index contributed by atoms with van der Waals surface area (Å²) in [7, 11) is 1.66. The Labute approximate surface area is 161 Å². The Morgan fingerprint density at radius 1 is 1.35 bits per heavy atom. The first-order chi connectivity index (χ1) is 10.9. The van der Waals surface area contributed by atoms with Gasteiger partial charge in [-0.1, -0.05) is 23.2 Å². The van der Waals surface area contributed by atoms with Crippen molar-refractivity contribution in [2.45, 2.75) is 6.54 Å². The molecule has 1 aromatic carbocycles. The van der Waals surface area contributed by atoms with Crippen LogP contribution in [0.5, 0.6) is 0 Å². The minimum atomic E-state index is -0.629. The lowest BCUT2D eigenvalue weighted by molar-refractivity contribution is -0.133. The van der Waals surface area contributed by atoms with E-state index in [1.807, 2.05) is 39.4 Å². The molecule has 8 heteroatoms. The molecule has 0 N–H and O–H groups in total. The van der Waals surface area contributed by atoms with Gasteiger partial charge in [0, 0.05) is 22.2 Å². The van der Waals surface area contributed by atoms with Crippen LogP contribution >= 0.6 is 57.1 Å². The Hall–Kier alpha value is -0.830. The van der Waals surface area contributed by atoms with Crippen molar-refractivity contribution in [1.29, 1.82) is 0 Å². The molecule has 0 aliphatic rings. The Balaban J connectivity index is 1.95. The number of hydrogen-bond acceptors (Lipinski definition) is 4. The second-order valence-electron chi connectivity index (χ2n) is 4.71. The van der Waals surface area contributed by atoms with E-state index in [-0.39, 0.29) is 18.1 Å². The molecular formula is C15H12Cl2INO3S. The van der Waals surface area contributed by atoms with E-state index in [2.05, 4.69) is 0 Å². The predicted molar refractivity (Wildman–Crippen MR) is 100 cm³/mol. The molecule has 0 atom stereocenters. The zero-order chi connectivity index (χ0) is 17.0. The van der Waals surface area contributed by atoms with Crippen molar-refractivity contribution in [3.8, 4) is 0 Å². The number of hydrogen-bond donors (Lipinski definition) is 0. The number of rotatable bonds is 5. The van der Waals surface area contributed by atoms with Crippen LogP contribution in [0, 0.1) is 3.57 Å². The van der Waals surface area contributed by atoms with Crippen LogP contribution in [0.25, 0.3) is 0 Å². The van der Waals surface area contributed by atoms with Gasteiger partial charge < -0.3 is 9.64 Å². The van der Waals surface area contributed by atoms with Crippen LogP contribution in [0.3, 0.4) is 0 Å². The van der Waals surface area contributed by atoms with Gasteiger partial charge in [-0.3, -0.25) is 4.79 Å². The molecule has 0 saturated heterocycles. The number of ether oxygens (including phenoxy) is 1. The Bertz CT molecular complexity index is 722. The third-order valence-electron chi connectivity index (χ3n) is 2.97. The largest absolute Gasteiger partial charge is 0.452 e. The van der Waals surface area contributed by atoms with E-state index < -0.39 is 5.97 Å². The smallest absolute Gasteiger partial charge is 0.339 e. The van der Waals surface area contributed by atoms with Crippen molar-refractivity contribution in [2.75, 3.05) is 13.7 Å². The van der Waals surface area contributed by atoms with Crippen LogP contribution in [0.4, 0.5) is 0 Å². The standard InChI is InChI=1S/C15H12Cl2INO3S/c1-19(6-9-2-3-23-8-9)13(20)7-22-15(21)11-4-10(16)5-12(17)14(11)18/h2-5,8H,6-7H2,1H3. The lowest BCUT2D eigenvalue weighted by atomic mass is 10.2. The van der Waals surface area contributed by atoms with Crippen LogP contribution in [-0.2, 0) is 16.1 Å². The molecule has 1 amide bonds. The number of nitrogens with zero attached hydrogens (tertiary/aromatic N) is 1. The minimum absolute atomic E-state index is 0.247. The maximum absolute atomic E-state index is 12.1. The maximum atomic E-state index is 12.1. The monoisotopic (exact) mass is 483 g/mol. The quantitative estimate of drug-likeness (QED) is 0.358. The normalized spacial score (nSPS) is 10.4. The lowest BCUT2D eigenvalue weighted by Crippen LogP contribution is -2.30. The van der Waals surface area contributed by atoms with Crippen molar-refractivity contribution < 1.29 is 14.3 Å². The molecular weight excluding hydrogens is 472 g/mol. The van der Waals surface area contributed by atoms with E-state index in [9.17, 15) is 9.59 Å². The molecule has 1 aromatic heterocycles. The van der Waals surface area contributed by atoms with E-state index in [0.717, 1.165) is 5.56 Å². The molecule has 23 heavy (non-hydrogen) atoms. The molecule has 0 saturated carbocycles. The van der Waals surface area contributed by atoms with Gasteiger partial charge in [-0.05, 0) is 57.1 Å². The highest BCUT2D eigenvalue weighted by molar-refractivity contribution is 14.1. The summed E-state index contributed by atoms with van der Waals surface area (Å²) in [5.74, 6) is -0.913. The fourth-order valence-electron chi connectivity index (χ4n) is 1.76. The molecule has 0 fully saturated rings. The Morgan fingerprint density at radius 2 is 2.09 bits per heavy atom. The molecule has 0 aliphatic carbocycles. The van der Waals surface area contributed by atoms with Crippen molar-refractivity contribution in [2.24, 2.45) is 0 Å². The molecule has 0 unspecified atom stereocenters. The highest BCUT2D eigenvalue weighted by Gasteiger charge is 2.18. The average molecular weight is 484 g/mol. The summed E-state index contributed by atoms with van der Waals surface area (Å²) in [5, 5.41) is 4.61. The lowest BCUT2D eigenvalue weighted by Gasteiger charge is -2.16. The maximum Gasteiger partial charge on any atom is 0.339 e. The number of amides is 1. The summed E-state index contributed by atoms with van der Waals surface area (Å²) >= 11 is 15.4. The third kappa shape index (κ3) is 5.07. The van der Waals surface area contributed by atoms with Crippen LogP contribution < -0.4 is 0 Å². The summed E-state index contributed by atoms with van der Waals surface area (Å²) in [6.07, 6.45) is 0. The molecule has 0 aliphatic heterocycles. The Morgan fingerprint density at radius 3 is 2.74 bits per heavy atom. The number of thiophene rings is 1. The first kappa shape index (κ1) is 18.5. The van der Waals surface area contributed by atoms with E-state index in [4.69, 9.17) is 27.9 Å². The number of benzene rings is 1. The van der Waals surface area contributed by atoms with Crippen molar-refractivity contribution in [3.63, 3.8) is 0 Å². The number of halogens is 3. The van der Waals surface area contributed by atoms with Gasteiger partial charge in [-0.15, -0.1) is 0 Å². The summed E-state index contributed by atoms with van der Waals surface area (Å²) in [6, 6.07) is 4.95. The molecule has 4 nitrogen and oxygen atoms in total. The van der Waals surface area contributed by atoms with Crippen LogP contribution in [0.15, 0.2) is 29.0 Å². The molecule has 2 aromatic rings. The van der Waals surface area contributed by atoms with Crippen LogP contribution in [-0.4, -0.2) is 30.4 Å². The Kier molecular flexibility index (Phi) is 6.70. The van der Waals surface area contributed by atoms with Gasteiger partial charge in [-0.2, -0.15) is 11.3 Å². The summed E-state index contributed by atoms with van der Waals surface area (Å²) < 4.78 is 5.61. The van der Waals surface area contributed by atoms with E-state index >= 15 is 0 Å². The van der Waals surface area contributed by atoms with E-state index in [1.54, 1.807) is 24.5 Å².